The zero-order chi connectivity index (χ0) is 18.4. The van der Waals surface area contributed by atoms with Crippen LogP contribution in [0, 0.1) is 5.82 Å². The highest BCUT2D eigenvalue weighted by atomic mass is 32.2. The van der Waals surface area contributed by atoms with Crippen molar-refractivity contribution in [1.29, 1.82) is 0 Å². The van der Waals surface area contributed by atoms with Gasteiger partial charge in [-0.15, -0.1) is 11.8 Å². The van der Waals surface area contributed by atoms with Gasteiger partial charge >= 0.3 is 0 Å². The molecule has 0 atom stereocenters. The lowest BCUT2D eigenvalue weighted by atomic mass is 9.86. The smallest absolute Gasteiger partial charge is 0.124 e. The van der Waals surface area contributed by atoms with Crippen LogP contribution in [0.2, 0.25) is 0 Å². The Kier molecular flexibility index (Phi) is 6.29. The number of nitrogens with zero attached hydrogens (tertiary/aromatic N) is 1. The molecule has 1 aliphatic heterocycles. The van der Waals surface area contributed by atoms with Gasteiger partial charge in [0, 0.05) is 49.4 Å². The number of halogens is 1. The summed E-state index contributed by atoms with van der Waals surface area (Å²) in [4.78, 5) is 0.778. The Morgan fingerprint density at radius 2 is 1.96 bits per heavy atom. The Labute approximate surface area is 157 Å². The second kappa shape index (κ2) is 8.66. The number of methoxy groups -OCH3 is 1. The Hall–Kier alpha value is -1.89. The van der Waals surface area contributed by atoms with E-state index >= 15 is 0 Å². The molecule has 4 nitrogen and oxygen atoms in total. The molecular weight excluding hydrogens is 353 g/mol. The molecule has 3 rings (SSSR count). The molecule has 0 aliphatic carbocycles. The van der Waals surface area contributed by atoms with E-state index in [0.717, 1.165) is 16.0 Å². The summed E-state index contributed by atoms with van der Waals surface area (Å²) in [7, 11) is 1.66. The number of oxime groups is 1. The Morgan fingerprint density at radius 3 is 2.62 bits per heavy atom. The van der Waals surface area contributed by atoms with Crippen LogP contribution in [0.15, 0.2) is 58.6 Å². The maximum atomic E-state index is 14.2. The largest absolute Gasteiger partial charge is 0.411 e. The summed E-state index contributed by atoms with van der Waals surface area (Å²) in [5.74, 6) is 0.141. The van der Waals surface area contributed by atoms with Gasteiger partial charge < -0.3 is 14.7 Å². The van der Waals surface area contributed by atoms with Crippen molar-refractivity contribution in [3.8, 4) is 0 Å². The van der Waals surface area contributed by atoms with Gasteiger partial charge in [-0.3, -0.25) is 0 Å². The molecule has 1 fully saturated rings. The molecule has 0 spiro atoms. The lowest BCUT2D eigenvalue weighted by Gasteiger charge is -2.36. The Morgan fingerprint density at radius 1 is 1.23 bits per heavy atom. The quantitative estimate of drug-likeness (QED) is 0.351. The predicted octanol–water partition coefficient (Wildman–Crippen LogP) is 4.45. The molecule has 6 heteroatoms. The van der Waals surface area contributed by atoms with Crippen molar-refractivity contribution in [1.82, 2.24) is 0 Å². The molecule has 1 heterocycles. The van der Waals surface area contributed by atoms with E-state index in [0.29, 0.717) is 37.5 Å². The summed E-state index contributed by atoms with van der Waals surface area (Å²) in [5.41, 5.74) is 1.71. The van der Waals surface area contributed by atoms with Crippen molar-refractivity contribution in [3.63, 3.8) is 0 Å². The number of hydrogen-bond acceptors (Lipinski definition) is 5. The Balaban J connectivity index is 1.79. The first kappa shape index (κ1) is 18.9. The summed E-state index contributed by atoms with van der Waals surface area (Å²) >= 11 is 1.43. The van der Waals surface area contributed by atoms with E-state index in [1.807, 2.05) is 36.4 Å². The molecule has 1 aliphatic rings. The third kappa shape index (κ3) is 4.26. The SMILES string of the molecule is COC1(c2cc(F)cc(SCC(=NO)c3ccccc3)c2)CCOCC1. The first-order chi connectivity index (χ1) is 12.7. The van der Waals surface area contributed by atoms with E-state index < -0.39 is 5.60 Å². The van der Waals surface area contributed by atoms with Crippen LogP contribution in [-0.4, -0.2) is 37.0 Å². The number of rotatable bonds is 6. The molecule has 0 radical (unpaired) electrons. The zero-order valence-electron chi connectivity index (χ0n) is 14.7. The van der Waals surface area contributed by atoms with Crippen molar-refractivity contribution in [2.45, 2.75) is 23.3 Å². The van der Waals surface area contributed by atoms with Crippen LogP contribution in [0.1, 0.15) is 24.0 Å². The average Bonchev–Trinajstić information content (AvgIpc) is 2.69. The molecule has 0 unspecified atom stereocenters. The molecule has 0 bridgehead atoms. The van der Waals surface area contributed by atoms with Gasteiger partial charge in [0.1, 0.15) is 5.82 Å². The van der Waals surface area contributed by atoms with Crippen molar-refractivity contribution >= 4 is 17.5 Å². The van der Waals surface area contributed by atoms with Crippen LogP contribution >= 0.6 is 11.8 Å². The van der Waals surface area contributed by atoms with E-state index in [4.69, 9.17) is 9.47 Å². The zero-order valence-corrected chi connectivity index (χ0v) is 15.5. The second-order valence-corrected chi connectivity index (χ2v) is 7.24. The molecule has 2 aromatic rings. The third-order valence-electron chi connectivity index (χ3n) is 4.69. The average molecular weight is 375 g/mol. The first-order valence-electron chi connectivity index (χ1n) is 8.50. The van der Waals surface area contributed by atoms with Gasteiger partial charge in [-0.25, -0.2) is 4.39 Å². The number of thioether (sulfide) groups is 1. The maximum Gasteiger partial charge on any atom is 0.124 e. The molecule has 1 N–H and O–H groups in total. The lowest BCUT2D eigenvalue weighted by Crippen LogP contribution is -2.35. The summed E-state index contributed by atoms with van der Waals surface area (Å²) in [5, 5.41) is 12.7. The highest BCUT2D eigenvalue weighted by Crippen LogP contribution is 2.37. The van der Waals surface area contributed by atoms with E-state index in [9.17, 15) is 9.60 Å². The van der Waals surface area contributed by atoms with Crippen LogP contribution in [0.25, 0.3) is 0 Å². The predicted molar refractivity (Wildman–Crippen MR) is 101 cm³/mol. The fourth-order valence-corrected chi connectivity index (χ4v) is 4.11. The first-order valence-corrected chi connectivity index (χ1v) is 9.48. The van der Waals surface area contributed by atoms with Crippen molar-refractivity contribution in [2.75, 3.05) is 26.1 Å². The van der Waals surface area contributed by atoms with Gasteiger partial charge in [-0.05, 0) is 23.8 Å². The summed E-state index contributed by atoms with van der Waals surface area (Å²) < 4.78 is 25.4. The maximum absolute atomic E-state index is 14.2. The summed E-state index contributed by atoms with van der Waals surface area (Å²) in [6.45, 7) is 1.20. The topological polar surface area (TPSA) is 51.0 Å². The summed E-state index contributed by atoms with van der Waals surface area (Å²) in [6.07, 6.45) is 1.40. The van der Waals surface area contributed by atoms with Crippen molar-refractivity contribution in [3.05, 3.63) is 65.5 Å². The van der Waals surface area contributed by atoms with E-state index in [-0.39, 0.29) is 5.82 Å². The lowest BCUT2D eigenvalue weighted by molar-refractivity contribution is -0.0950. The minimum absolute atomic E-state index is 0.296. The van der Waals surface area contributed by atoms with Crippen LogP contribution < -0.4 is 0 Å². The standard InChI is InChI=1S/C20H22FNO3S/c1-24-20(7-9-25-10-8-20)16-11-17(21)13-18(12-16)26-14-19(22-23)15-5-3-2-4-6-15/h2-6,11-13,23H,7-10,14H2,1H3. The highest BCUT2D eigenvalue weighted by molar-refractivity contribution is 8.00. The highest BCUT2D eigenvalue weighted by Gasteiger charge is 2.35. The molecule has 1 saturated heterocycles. The van der Waals surface area contributed by atoms with Crippen LogP contribution in [-0.2, 0) is 15.1 Å². The van der Waals surface area contributed by atoms with Gasteiger partial charge in [0.25, 0.3) is 0 Å². The van der Waals surface area contributed by atoms with Crippen molar-refractivity contribution < 1.29 is 19.1 Å². The molecule has 0 aromatic heterocycles. The van der Waals surface area contributed by atoms with Crippen LogP contribution in [0.4, 0.5) is 4.39 Å². The fraction of sp³-hybridized carbons (Fsp3) is 0.350. The molecule has 138 valence electrons. The molecule has 26 heavy (non-hydrogen) atoms. The molecule has 0 saturated carbocycles. The molecular formula is C20H22FNO3S. The monoisotopic (exact) mass is 375 g/mol. The number of ether oxygens (including phenoxy) is 2. The van der Waals surface area contributed by atoms with Gasteiger partial charge in [-0.1, -0.05) is 35.5 Å². The van der Waals surface area contributed by atoms with Gasteiger partial charge in [0.2, 0.25) is 0 Å². The van der Waals surface area contributed by atoms with Crippen LogP contribution in [0.3, 0.4) is 0 Å². The molecule has 2 aromatic carbocycles. The van der Waals surface area contributed by atoms with E-state index in [2.05, 4.69) is 5.16 Å². The Bertz CT molecular complexity index is 761. The molecule has 0 amide bonds. The fourth-order valence-electron chi connectivity index (χ4n) is 3.17. The van der Waals surface area contributed by atoms with Gasteiger partial charge in [0.05, 0.1) is 11.3 Å². The third-order valence-corrected chi connectivity index (χ3v) is 5.68. The van der Waals surface area contributed by atoms with Crippen LogP contribution in [0.5, 0.6) is 0 Å². The summed E-state index contributed by atoms with van der Waals surface area (Å²) in [6, 6.07) is 14.4. The normalized spacial score (nSPS) is 17.2. The van der Waals surface area contributed by atoms with Gasteiger partial charge in [0.15, 0.2) is 0 Å². The van der Waals surface area contributed by atoms with E-state index in [1.165, 1.54) is 23.9 Å². The minimum Gasteiger partial charge on any atom is -0.411 e. The minimum atomic E-state index is -0.511. The number of hydrogen-bond donors (Lipinski definition) is 1. The van der Waals surface area contributed by atoms with E-state index in [1.54, 1.807) is 7.11 Å². The van der Waals surface area contributed by atoms with Gasteiger partial charge in [-0.2, -0.15) is 0 Å². The van der Waals surface area contributed by atoms with Crippen molar-refractivity contribution in [2.24, 2.45) is 5.16 Å². The number of benzene rings is 2. The second-order valence-electron chi connectivity index (χ2n) is 6.19.